The van der Waals surface area contributed by atoms with Gasteiger partial charge in [0.15, 0.2) is 0 Å². The molecular formula is C21H17N3O3. The number of methoxy groups -OCH3 is 2. The Hall–Kier alpha value is -3.72. The largest absolute Gasteiger partial charge is 0.497 e. The van der Waals surface area contributed by atoms with E-state index in [1.54, 1.807) is 20.3 Å². The molecule has 0 bridgehead atoms. The molecule has 134 valence electrons. The number of nitrogens with one attached hydrogen (secondary N) is 1. The van der Waals surface area contributed by atoms with Crippen LogP contribution in [-0.2, 0) is 7.05 Å². The Labute approximate surface area is 155 Å². The standard InChI is InChI=1S/C21H17N3O3/c1-24-7-6-15-18(24)5-4-16-19(17(11-22)21(23)27-20(15)16)12-8-13(25-2)10-14(9-12)26-3/h4-10,23H,1-3H3. The van der Waals surface area contributed by atoms with Gasteiger partial charge in [-0.1, -0.05) is 0 Å². The third kappa shape index (κ3) is 2.52. The maximum atomic E-state index is 9.69. The van der Waals surface area contributed by atoms with Gasteiger partial charge in [0.25, 0.3) is 0 Å². The normalized spacial score (nSPS) is 10.9. The van der Waals surface area contributed by atoms with E-state index in [2.05, 4.69) is 6.07 Å². The van der Waals surface area contributed by atoms with E-state index in [4.69, 9.17) is 19.3 Å². The lowest BCUT2D eigenvalue weighted by Crippen LogP contribution is -2.07. The molecule has 0 unspecified atom stereocenters. The van der Waals surface area contributed by atoms with Crippen molar-refractivity contribution in [3.8, 4) is 28.7 Å². The predicted molar refractivity (Wildman–Crippen MR) is 102 cm³/mol. The van der Waals surface area contributed by atoms with Crippen LogP contribution in [-0.4, -0.2) is 18.8 Å². The van der Waals surface area contributed by atoms with Gasteiger partial charge in [-0.05, 0) is 35.9 Å². The lowest BCUT2D eigenvalue weighted by atomic mass is 9.96. The zero-order valence-electron chi connectivity index (χ0n) is 15.2. The van der Waals surface area contributed by atoms with Crippen molar-refractivity contribution in [2.24, 2.45) is 7.05 Å². The van der Waals surface area contributed by atoms with Gasteiger partial charge in [-0.3, -0.25) is 5.41 Å². The molecule has 2 aromatic heterocycles. The van der Waals surface area contributed by atoms with Crippen molar-refractivity contribution < 1.29 is 13.9 Å². The zero-order chi connectivity index (χ0) is 19.1. The monoisotopic (exact) mass is 359 g/mol. The Morgan fingerprint density at radius 3 is 2.37 bits per heavy atom. The van der Waals surface area contributed by atoms with E-state index in [1.165, 1.54) is 0 Å². The third-order valence-electron chi connectivity index (χ3n) is 4.72. The maximum absolute atomic E-state index is 9.69. The molecule has 0 spiro atoms. The molecule has 0 fully saturated rings. The lowest BCUT2D eigenvalue weighted by molar-refractivity contribution is 0.394. The van der Waals surface area contributed by atoms with E-state index in [0.29, 0.717) is 22.6 Å². The van der Waals surface area contributed by atoms with Gasteiger partial charge >= 0.3 is 0 Å². The van der Waals surface area contributed by atoms with Crippen molar-refractivity contribution in [3.05, 3.63) is 53.7 Å². The van der Waals surface area contributed by atoms with Crippen molar-refractivity contribution in [3.63, 3.8) is 0 Å². The van der Waals surface area contributed by atoms with Crippen LogP contribution in [0.5, 0.6) is 11.5 Å². The fourth-order valence-corrected chi connectivity index (χ4v) is 3.39. The number of nitrogens with zero attached hydrogens (tertiary/aromatic N) is 2. The van der Waals surface area contributed by atoms with Crippen LogP contribution >= 0.6 is 0 Å². The molecule has 0 radical (unpaired) electrons. The van der Waals surface area contributed by atoms with E-state index in [1.807, 2.05) is 48.1 Å². The van der Waals surface area contributed by atoms with Gasteiger partial charge in [-0.25, -0.2) is 0 Å². The molecule has 0 saturated heterocycles. The molecular weight excluding hydrogens is 342 g/mol. The predicted octanol–water partition coefficient (Wildman–Crippen LogP) is 3.96. The Morgan fingerprint density at radius 2 is 1.74 bits per heavy atom. The fourth-order valence-electron chi connectivity index (χ4n) is 3.39. The van der Waals surface area contributed by atoms with Crippen molar-refractivity contribution >= 4 is 21.9 Å². The van der Waals surface area contributed by atoms with Crippen LogP contribution < -0.4 is 15.0 Å². The first-order chi connectivity index (χ1) is 13.1. The number of rotatable bonds is 3. The smallest absolute Gasteiger partial charge is 0.230 e. The Morgan fingerprint density at radius 1 is 1.04 bits per heavy atom. The first kappa shape index (κ1) is 16.7. The minimum Gasteiger partial charge on any atom is -0.497 e. The highest BCUT2D eigenvalue weighted by Crippen LogP contribution is 2.37. The highest BCUT2D eigenvalue weighted by Gasteiger charge is 2.18. The molecule has 4 aromatic rings. The molecule has 27 heavy (non-hydrogen) atoms. The minimum atomic E-state index is -0.168. The number of hydrogen-bond acceptors (Lipinski definition) is 5. The van der Waals surface area contributed by atoms with Crippen LogP contribution in [0.4, 0.5) is 0 Å². The Kier molecular flexibility index (Phi) is 3.85. The van der Waals surface area contributed by atoms with Gasteiger partial charge in [-0.2, -0.15) is 5.26 Å². The van der Waals surface area contributed by atoms with Gasteiger partial charge in [0.2, 0.25) is 5.55 Å². The van der Waals surface area contributed by atoms with Crippen LogP contribution in [0.25, 0.3) is 33.0 Å². The molecule has 4 rings (SSSR count). The first-order valence-electron chi connectivity index (χ1n) is 8.30. The van der Waals surface area contributed by atoms with Crippen molar-refractivity contribution in [2.75, 3.05) is 14.2 Å². The molecule has 6 nitrogen and oxygen atoms in total. The van der Waals surface area contributed by atoms with Crippen molar-refractivity contribution in [1.29, 1.82) is 10.7 Å². The minimum absolute atomic E-state index is 0.168. The van der Waals surface area contributed by atoms with Gasteiger partial charge in [0.1, 0.15) is 28.7 Å². The number of hydrogen-bond donors (Lipinski definition) is 1. The quantitative estimate of drug-likeness (QED) is 0.600. The van der Waals surface area contributed by atoms with E-state index in [0.717, 1.165) is 21.9 Å². The van der Waals surface area contributed by atoms with Crippen LogP contribution in [0, 0.1) is 16.7 Å². The van der Waals surface area contributed by atoms with Crippen LogP contribution in [0.15, 0.2) is 47.0 Å². The second-order valence-corrected chi connectivity index (χ2v) is 6.20. The third-order valence-corrected chi connectivity index (χ3v) is 4.72. The summed E-state index contributed by atoms with van der Waals surface area (Å²) < 4.78 is 18.5. The SMILES string of the molecule is COc1cc(OC)cc(-c2c(C#N)c(=N)oc3c2ccc2c3ccn2C)c1. The molecule has 0 saturated carbocycles. The molecule has 2 aromatic carbocycles. The topological polar surface area (TPSA) is 84.2 Å². The molecule has 0 amide bonds. The summed E-state index contributed by atoms with van der Waals surface area (Å²) in [7, 11) is 5.10. The summed E-state index contributed by atoms with van der Waals surface area (Å²) >= 11 is 0. The van der Waals surface area contributed by atoms with E-state index in [-0.39, 0.29) is 11.1 Å². The van der Waals surface area contributed by atoms with Gasteiger partial charge < -0.3 is 18.5 Å². The van der Waals surface area contributed by atoms with Crippen LogP contribution in [0.2, 0.25) is 0 Å². The highest BCUT2D eigenvalue weighted by atomic mass is 16.5. The van der Waals surface area contributed by atoms with Crippen molar-refractivity contribution in [2.45, 2.75) is 0 Å². The maximum Gasteiger partial charge on any atom is 0.230 e. The van der Waals surface area contributed by atoms with Gasteiger partial charge in [0, 0.05) is 35.6 Å². The summed E-state index contributed by atoms with van der Waals surface area (Å²) in [5.41, 5.74) is 2.93. The van der Waals surface area contributed by atoms with Crippen LogP contribution in [0.3, 0.4) is 0 Å². The number of aryl methyl sites for hydroxylation is 1. The molecule has 0 aliphatic carbocycles. The van der Waals surface area contributed by atoms with E-state index >= 15 is 0 Å². The highest BCUT2D eigenvalue weighted by molar-refractivity contribution is 6.09. The zero-order valence-corrected chi connectivity index (χ0v) is 15.2. The van der Waals surface area contributed by atoms with Crippen molar-refractivity contribution in [1.82, 2.24) is 4.57 Å². The fraction of sp³-hybridized carbons (Fsp3) is 0.143. The second-order valence-electron chi connectivity index (χ2n) is 6.20. The van der Waals surface area contributed by atoms with E-state index < -0.39 is 0 Å². The molecule has 0 aliphatic rings. The number of ether oxygens (including phenoxy) is 2. The molecule has 0 atom stereocenters. The summed E-state index contributed by atoms with van der Waals surface area (Å²) in [5, 5.41) is 19.6. The average Bonchev–Trinajstić information content (AvgIpc) is 3.07. The molecule has 1 N–H and O–H groups in total. The molecule has 2 heterocycles. The van der Waals surface area contributed by atoms with Gasteiger partial charge in [-0.15, -0.1) is 0 Å². The number of benzene rings is 2. The Bertz CT molecular complexity index is 1270. The van der Waals surface area contributed by atoms with E-state index in [9.17, 15) is 5.26 Å². The number of aromatic nitrogens is 1. The number of nitriles is 1. The molecule has 6 heteroatoms. The average molecular weight is 359 g/mol. The summed E-state index contributed by atoms with van der Waals surface area (Å²) in [6.07, 6.45) is 1.94. The van der Waals surface area contributed by atoms with Crippen LogP contribution in [0.1, 0.15) is 5.56 Å². The Balaban J connectivity index is 2.18. The first-order valence-corrected chi connectivity index (χ1v) is 8.30. The molecule has 0 aliphatic heterocycles. The van der Waals surface area contributed by atoms with Gasteiger partial charge in [0.05, 0.1) is 19.7 Å². The lowest BCUT2D eigenvalue weighted by Gasteiger charge is -2.13. The summed E-state index contributed by atoms with van der Waals surface area (Å²) in [6.45, 7) is 0. The summed E-state index contributed by atoms with van der Waals surface area (Å²) in [4.78, 5) is 0. The summed E-state index contributed by atoms with van der Waals surface area (Å²) in [5.74, 6) is 1.21. The summed E-state index contributed by atoms with van der Waals surface area (Å²) in [6, 6.07) is 13.4. The number of fused-ring (bicyclic) bond motifs is 3. The second kappa shape index (κ2) is 6.22.